The van der Waals surface area contributed by atoms with Crippen LogP contribution in [0.1, 0.15) is 29.7 Å². The van der Waals surface area contributed by atoms with E-state index in [1.165, 1.54) is 0 Å². The zero-order chi connectivity index (χ0) is 12.7. The summed E-state index contributed by atoms with van der Waals surface area (Å²) in [6, 6.07) is 0. The lowest BCUT2D eigenvalue weighted by Gasteiger charge is -1.97. The number of imidazole rings is 1. The van der Waals surface area contributed by atoms with E-state index in [0.717, 1.165) is 29.5 Å². The van der Waals surface area contributed by atoms with Gasteiger partial charge in [0, 0.05) is 30.3 Å². The average molecular weight is 276 g/mol. The van der Waals surface area contributed by atoms with Crippen LogP contribution in [0.3, 0.4) is 0 Å². The molecule has 0 amide bonds. The fourth-order valence-corrected chi connectivity index (χ4v) is 2.98. The van der Waals surface area contributed by atoms with Crippen molar-refractivity contribution in [3.8, 4) is 0 Å². The van der Waals surface area contributed by atoms with Gasteiger partial charge >= 0.3 is 0 Å². The number of aromatic nitrogens is 4. The fourth-order valence-electron chi connectivity index (χ4n) is 2.26. The van der Waals surface area contributed by atoms with Gasteiger partial charge in [0.25, 0.3) is 0 Å². The molecule has 3 aromatic rings. The molecule has 0 aliphatic carbocycles. The molecule has 1 unspecified atom stereocenters. The van der Waals surface area contributed by atoms with Gasteiger partial charge in [0.15, 0.2) is 10.8 Å². The van der Waals surface area contributed by atoms with Crippen LogP contribution in [0.4, 0.5) is 0 Å². The Morgan fingerprint density at radius 3 is 3.26 bits per heavy atom. The van der Waals surface area contributed by atoms with Gasteiger partial charge < -0.3 is 9.26 Å². The van der Waals surface area contributed by atoms with Crippen LogP contribution in [0.2, 0.25) is 0 Å². The maximum absolute atomic E-state index is 5.33. The lowest BCUT2D eigenvalue weighted by Crippen LogP contribution is -2.00. The van der Waals surface area contributed by atoms with Crippen LogP contribution in [0.25, 0.3) is 4.96 Å². The maximum atomic E-state index is 5.33. The zero-order valence-corrected chi connectivity index (χ0v) is 11.0. The summed E-state index contributed by atoms with van der Waals surface area (Å²) in [5, 5.41) is 6.05. The number of nitrogens with zero attached hydrogens (tertiary/aromatic N) is 4. The van der Waals surface area contributed by atoms with E-state index in [9.17, 15) is 0 Å². The summed E-state index contributed by atoms with van der Waals surface area (Å²) >= 11 is 1.61. The van der Waals surface area contributed by atoms with Crippen LogP contribution in [-0.4, -0.2) is 32.7 Å². The third-order valence-corrected chi connectivity index (χ3v) is 4.02. The fraction of sp³-hybridized carbons (Fsp3) is 0.417. The number of ether oxygens (including phenoxy) is 1. The molecule has 19 heavy (non-hydrogen) atoms. The van der Waals surface area contributed by atoms with Crippen molar-refractivity contribution in [3.63, 3.8) is 0 Å². The van der Waals surface area contributed by atoms with Crippen molar-refractivity contribution in [3.05, 3.63) is 35.2 Å². The van der Waals surface area contributed by atoms with E-state index in [4.69, 9.17) is 9.26 Å². The van der Waals surface area contributed by atoms with E-state index in [2.05, 4.69) is 15.1 Å². The first-order chi connectivity index (χ1) is 9.38. The average Bonchev–Trinajstić information content (AvgIpc) is 3.12. The van der Waals surface area contributed by atoms with Crippen molar-refractivity contribution < 1.29 is 9.26 Å². The van der Waals surface area contributed by atoms with E-state index in [1.54, 1.807) is 11.3 Å². The third-order valence-electron chi connectivity index (χ3n) is 3.25. The molecule has 98 valence electrons. The number of hydrogen-bond donors (Lipinski definition) is 0. The third kappa shape index (κ3) is 2.04. The summed E-state index contributed by atoms with van der Waals surface area (Å²) in [4.78, 5) is 9.93. The van der Waals surface area contributed by atoms with E-state index in [1.807, 2.05) is 22.2 Å². The Balaban J connectivity index is 1.54. The summed E-state index contributed by atoms with van der Waals surface area (Å²) < 4.78 is 12.6. The predicted octanol–water partition coefficient (Wildman–Crippen LogP) is 1.87. The summed E-state index contributed by atoms with van der Waals surface area (Å²) in [5.41, 5.74) is 0.949. The summed E-state index contributed by atoms with van der Waals surface area (Å²) in [7, 11) is 0. The van der Waals surface area contributed by atoms with Gasteiger partial charge in [-0.05, 0) is 6.42 Å². The maximum Gasteiger partial charge on any atom is 0.232 e. The molecule has 3 aromatic heterocycles. The molecular formula is C12H12N4O2S. The molecular weight excluding hydrogens is 264 g/mol. The zero-order valence-electron chi connectivity index (χ0n) is 10.2. The topological polar surface area (TPSA) is 65.5 Å². The molecule has 1 atom stereocenters. The molecule has 1 aliphatic rings. The highest BCUT2D eigenvalue weighted by Gasteiger charge is 2.23. The molecule has 0 spiro atoms. The van der Waals surface area contributed by atoms with Crippen molar-refractivity contribution in [2.75, 3.05) is 13.2 Å². The Hall–Kier alpha value is -1.73. The number of hydrogen-bond acceptors (Lipinski definition) is 6. The molecule has 0 aromatic carbocycles. The van der Waals surface area contributed by atoms with Crippen LogP contribution in [0.5, 0.6) is 0 Å². The first-order valence-electron chi connectivity index (χ1n) is 6.20. The first kappa shape index (κ1) is 11.1. The van der Waals surface area contributed by atoms with Gasteiger partial charge in [0.05, 0.1) is 18.7 Å². The Morgan fingerprint density at radius 2 is 2.42 bits per heavy atom. The second-order valence-electron chi connectivity index (χ2n) is 4.61. The first-order valence-corrected chi connectivity index (χ1v) is 7.08. The van der Waals surface area contributed by atoms with Gasteiger partial charge in [0.1, 0.15) is 0 Å². The second kappa shape index (κ2) is 4.43. The van der Waals surface area contributed by atoms with E-state index >= 15 is 0 Å². The van der Waals surface area contributed by atoms with Crippen LogP contribution in [0.15, 0.2) is 22.3 Å². The van der Waals surface area contributed by atoms with Gasteiger partial charge in [-0.15, -0.1) is 11.3 Å². The molecule has 7 heteroatoms. The van der Waals surface area contributed by atoms with E-state index in [0.29, 0.717) is 18.9 Å². The van der Waals surface area contributed by atoms with Gasteiger partial charge in [-0.2, -0.15) is 4.98 Å². The molecule has 1 fully saturated rings. The minimum atomic E-state index is 0.281. The van der Waals surface area contributed by atoms with Crippen LogP contribution >= 0.6 is 11.3 Å². The van der Waals surface area contributed by atoms with Crippen molar-refractivity contribution >= 4 is 16.3 Å². The van der Waals surface area contributed by atoms with Crippen LogP contribution in [-0.2, 0) is 11.2 Å². The van der Waals surface area contributed by atoms with E-state index < -0.39 is 0 Å². The molecule has 1 aliphatic heterocycles. The summed E-state index contributed by atoms with van der Waals surface area (Å²) in [5.74, 6) is 1.66. The van der Waals surface area contributed by atoms with Gasteiger partial charge in [-0.3, -0.25) is 4.40 Å². The van der Waals surface area contributed by atoms with Gasteiger partial charge in [-0.25, -0.2) is 4.98 Å². The molecule has 0 bridgehead atoms. The molecule has 4 rings (SSSR count). The summed E-state index contributed by atoms with van der Waals surface area (Å²) in [6.07, 6.45) is 5.54. The molecule has 4 heterocycles. The lowest BCUT2D eigenvalue weighted by molar-refractivity contribution is 0.192. The molecule has 0 radical (unpaired) electrons. The Kier molecular flexibility index (Phi) is 2.59. The van der Waals surface area contributed by atoms with Gasteiger partial charge in [0.2, 0.25) is 5.89 Å². The largest absolute Gasteiger partial charge is 0.381 e. The normalized spacial score (nSPS) is 19.5. The van der Waals surface area contributed by atoms with Crippen molar-refractivity contribution in [1.82, 2.24) is 19.5 Å². The number of thiazole rings is 1. The highest BCUT2D eigenvalue weighted by atomic mass is 32.1. The second-order valence-corrected chi connectivity index (χ2v) is 5.48. The van der Waals surface area contributed by atoms with E-state index in [-0.39, 0.29) is 5.92 Å². The Labute approximate surface area is 113 Å². The van der Waals surface area contributed by atoms with Crippen LogP contribution < -0.4 is 0 Å². The minimum Gasteiger partial charge on any atom is -0.381 e. The van der Waals surface area contributed by atoms with Crippen molar-refractivity contribution in [2.24, 2.45) is 0 Å². The van der Waals surface area contributed by atoms with Gasteiger partial charge in [-0.1, -0.05) is 5.16 Å². The molecule has 0 N–H and O–H groups in total. The smallest absolute Gasteiger partial charge is 0.232 e. The Bertz CT molecular complexity index is 667. The number of rotatable bonds is 3. The standard InChI is InChI=1S/C12H12N4O2S/c1-3-17-7-8(1)11-14-10(18-15-11)5-9-6-16-2-4-19-12(16)13-9/h2,4,6,8H,1,3,5,7H2. The monoisotopic (exact) mass is 276 g/mol. The highest BCUT2D eigenvalue weighted by molar-refractivity contribution is 7.15. The summed E-state index contributed by atoms with van der Waals surface area (Å²) in [6.45, 7) is 1.48. The Morgan fingerprint density at radius 1 is 1.42 bits per heavy atom. The number of fused-ring (bicyclic) bond motifs is 1. The molecule has 1 saturated heterocycles. The quantitative estimate of drug-likeness (QED) is 0.730. The molecule has 0 saturated carbocycles. The highest BCUT2D eigenvalue weighted by Crippen LogP contribution is 2.23. The SMILES string of the molecule is c1cn2cc(Cc3nc(C4CCOC4)no3)nc2s1. The van der Waals surface area contributed by atoms with Crippen molar-refractivity contribution in [1.29, 1.82) is 0 Å². The molecule has 6 nitrogen and oxygen atoms in total. The predicted molar refractivity (Wildman–Crippen MR) is 68.4 cm³/mol. The minimum absolute atomic E-state index is 0.281. The van der Waals surface area contributed by atoms with Crippen molar-refractivity contribution in [2.45, 2.75) is 18.8 Å². The lowest BCUT2D eigenvalue weighted by atomic mass is 10.1. The van der Waals surface area contributed by atoms with Crippen LogP contribution in [0, 0.1) is 0 Å².